The lowest BCUT2D eigenvalue weighted by molar-refractivity contribution is -0.317. The number of esters is 1. The van der Waals surface area contributed by atoms with Crippen molar-refractivity contribution in [1.29, 1.82) is 0 Å². The molecule has 1 aromatic rings. The maximum Gasteiger partial charge on any atom is 0.509 e. The Labute approximate surface area is 426 Å². The minimum absolute atomic E-state index is 0.0446. The van der Waals surface area contributed by atoms with Crippen LogP contribution in [0.1, 0.15) is 118 Å². The fraction of sp³-hybridized carbons (Fsp3) is 0.808. The molecule has 410 valence electrons. The highest BCUT2D eigenvalue weighted by Gasteiger charge is 2.58. The van der Waals surface area contributed by atoms with Crippen molar-refractivity contribution in [3.05, 3.63) is 29.8 Å². The molecular formula is C52H86N4O16. The van der Waals surface area contributed by atoms with Gasteiger partial charge in [-0.15, -0.1) is 0 Å². The van der Waals surface area contributed by atoms with Gasteiger partial charge in [-0.25, -0.2) is 9.59 Å². The molecule has 0 radical (unpaired) electrons. The molecule has 20 heteroatoms. The lowest BCUT2D eigenvalue weighted by Crippen LogP contribution is -2.61. The van der Waals surface area contributed by atoms with Crippen LogP contribution in [0.2, 0.25) is 0 Å². The summed E-state index contributed by atoms with van der Waals surface area (Å²) in [5.41, 5.74) is -3.70. The predicted octanol–water partition coefficient (Wildman–Crippen LogP) is 5.04. The first-order valence-corrected chi connectivity index (χ1v) is 25.7. The number of para-hydroxylation sites is 1. The summed E-state index contributed by atoms with van der Waals surface area (Å²) in [6.07, 6.45) is -8.54. The Morgan fingerprint density at radius 2 is 1.58 bits per heavy atom. The first-order valence-electron chi connectivity index (χ1n) is 25.7. The Balaban J connectivity index is 1.39. The number of unbranched alkanes of at least 4 members (excludes halogenated alkanes) is 1. The second-order valence-electron chi connectivity index (χ2n) is 21.5. The lowest BCUT2D eigenvalue weighted by Gasteiger charge is -2.49. The van der Waals surface area contributed by atoms with Crippen LogP contribution in [-0.4, -0.2) is 189 Å². The molecule has 72 heavy (non-hydrogen) atoms. The normalized spacial score (nSPS) is 39.3. The topological polar surface area (TPSA) is 232 Å². The minimum atomic E-state index is -1.62. The van der Waals surface area contributed by atoms with Crippen molar-refractivity contribution in [1.82, 2.24) is 20.4 Å². The minimum Gasteiger partial charge on any atom is -0.496 e. The van der Waals surface area contributed by atoms with Gasteiger partial charge >= 0.3 is 18.2 Å². The zero-order chi connectivity index (χ0) is 53.5. The quantitative estimate of drug-likeness (QED) is 0.102. The predicted molar refractivity (Wildman–Crippen MR) is 264 cm³/mol. The van der Waals surface area contributed by atoms with Crippen molar-refractivity contribution in [2.75, 3.05) is 55.0 Å². The zero-order valence-corrected chi connectivity index (χ0v) is 45.3. The monoisotopic (exact) mass is 1020 g/mol. The van der Waals surface area contributed by atoms with Crippen LogP contribution < -0.4 is 15.4 Å². The second kappa shape index (κ2) is 25.1. The molecule has 5 rings (SSSR count). The Kier molecular flexibility index (Phi) is 20.6. The van der Waals surface area contributed by atoms with E-state index in [0.29, 0.717) is 43.7 Å². The number of methoxy groups -OCH3 is 2. The lowest BCUT2D eigenvalue weighted by atomic mass is 9.77. The molecule has 4 N–H and O–H groups in total. The molecule has 0 bridgehead atoms. The third-order valence-electron chi connectivity index (χ3n) is 15.4. The Bertz CT molecular complexity index is 1960. The number of likely N-dealkylation sites (N-methyl/N-ethyl adjacent to an activating group) is 2. The molecule has 4 heterocycles. The molecule has 0 saturated carbocycles. The van der Waals surface area contributed by atoms with E-state index in [1.54, 1.807) is 58.9 Å². The molecule has 4 aliphatic heterocycles. The molecule has 20 nitrogen and oxygen atoms in total. The first kappa shape index (κ1) is 59.0. The number of alkyl carbamates (subject to hydrolysis) is 1. The molecule has 2 amide bonds. The summed E-state index contributed by atoms with van der Waals surface area (Å²) < 4.78 is 62.0. The van der Waals surface area contributed by atoms with Gasteiger partial charge in [0, 0.05) is 51.2 Å². The number of ether oxygens (including phenoxy) is 10. The van der Waals surface area contributed by atoms with Crippen LogP contribution in [-0.2, 0) is 47.4 Å². The maximum absolute atomic E-state index is 14.8. The van der Waals surface area contributed by atoms with E-state index >= 15 is 0 Å². The molecule has 4 aliphatic rings. The molecule has 1 aromatic carbocycles. The van der Waals surface area contributed by atoms with E-state index in [4.69, 9.17) is 47.4 Å². The number of carbonyl (C=O) groups excluding carboxylic acids is 4. The van der Waals surface area contributed by atoms with Crippen molar-refractivity contribution in [3.8, 4) is 5.75 Å². The fourth-order valence-electron chi connectivity index (χ4n) is 11.3. The van der Waals surface area contributed by atoms with Gasteiger partial charge in [-0.1, -0.05) is 32.9 Å². The number of nitrogens with one attached hydrogen (secondary N) is 2. The molecule has 4 saturated heterocycles. The molecule has 0 aromatic heterocycles. The van der Waals surface area contributed by atoms with E-state index in [0.717, 1.165) is 0 Å². The number of benzene rings is 1. The number of fused-ring (bicyclic) bond motifs is 1. The Hall–Kier alpha value is -3.86. The Morgan fingerprint density at radius 3 is 2.22 bits per heavy atom. The van der Waals surface area contributed by atoms with Crippen LogP contribution in [0.4, 0.5) is 9.59 Å². The van der Waals surface area contributed by atoms with E-state index in [9.17, 15) is 29.4 Å². The van der Waals surface area contributed by atoms with Crippen LogP contribution in [0.15, 0.2) is 24.3 Å². The number of hydrogen-bond donors (Lipinski definition) is 4. The van der Waals surface area contributed by atoms with Gasteiger partial charge in [-0.3, -0.25) is 14.5 Å². The van der Waals surface area contributed by atoms with Crippen LogP contribution in [0.5, 0.6) is 5.75 Å². The van der Waals surface area contributed by atoms with E-state index < -0.39 is 108 Å². The molecule has 0 unspecified atom stereocenters. The summed E-state index contributed by atoms with van der Waals surface area (Å²) in [5, 5.41) is 30.2. The van der Waals surface area contributed by atoms with Crippen LogP contribution in [0, 0.1) is 17.8 Å². The highest BCUT2D eigenvalue weighted by atomic mass is 16.8. The number of carbonyl (C=O) groups is 4. The molecule has 18 atom stereocenters. The van der Waals surface area contributed by atoms with E-state index in [1.165, 1.54) is 14.2 Å². The van der Waals surface area contributed by atoms with Crippen molar-refractivity contribution < 1.29 is 76.8 Å². The van der Waals surface area contributed by atoms with E-state index in [-0.39, 0.29) is 49.8 Å². The first-order chi connectivity index (χ1) is 33.8. The number of amides is 2. The number of aliphatic hydroxyl groups is 2. The number of hydrogen-bond acceptors (Lipinski definition) is 18. The van der Waals surface area contributed by atoms with E-state index in [1.807, 2.05) is 65.6 Å². The third-order valence-corrected chi connectivity index (χ3v) is 15.4. The van der Waals surface area contributed by atoms with Gasteiger partial charge in [0.1, 0.15) is 23.6 Å². The maximum atomic E-state index is 14.8. The summed E-state index contributed by atoms with van der Waals surface area (Å²) in [5.74, 6) is -2.50. The van der Waals surface area contributed by atoms with Crippen molar-refractivity contribution in [2.45, 2.75) is 198 Å². The van der Waals surface area contributed by atoms with Crippen LogP contribution in [0.3, 0.4) is 0 Å². The Morgan fingerprint density at radius 1 is 0.917 bits per heavy atom. The highest BCUT2D eigenvalue weighted by molar-refractivity contribution is 5.96. The number of aliphatic hydroxyl groups excluding tert-OH is 1. The zero-order valence-electron chi connectivity index (χ0n) is 45.3. The summed E-state index contributed by atoms with van der Waals surface area (Å²) in [4.78, 5) is 57.6. The summed E-state index contributed by atoms with van der Waals surface area (Å²) in [7, 11) is 8.68. The largest absolute Gasteiger partial charge is 0.509 e. The average Bonchev–Trinajstić information content (AvgIpc) is 3.64. The van der Waals surface area contributed by atoms with Crippen molar-refractivity contribution in [3.63, 3.8) is 0 Å². The van der Waals surface area contributed by atoms with E-state index in [2.05, 4.69) is 10.6 Å². The second-order valence-corrected chi connectivity index (χ2v) is 21.5. The van der Waals surface area contributed by atoms with Gasteiger partial charge in [0.2, 0.25) is 0 Å². The highest BCUT2D eigenvalue weighted by Crippen LogP contribution is 2.42. The molecular weight excluding hydrogens is 937 g/mol. The van der Waals surface area contributed by atoms with Crippen molar-refractivity contribution >= 4 is 24.1 Å². The number of rotatable bonds is 15. The van der Waals surface area contributed by atoms with Gasteiger partial charge < -0.3 is 73.1 Å². The van der Waals surface area contributed by atoms with Gasteiger partial charge in [0.25, 0.3) is 5.91 Å². The van der Waals surface area contributed by atoms with Gasteiger partial charge in [0.15, 0.2) is 30.4 Å². The summed E-state index contributed by atoms with van der Waals surface area (Å²) in [6.45, 7) is 19.2. The van der Waals surface area contributed by atoms with Gasteiger partial charge in [-0.05, 0) is 120 Å². The average molecular weight is 1020 g/mol. The van der Waals surface area contributed by atoms with Crippen LogP contribution in [0.25, 0.3) is 0 Å². The van der Waals surface area contributed by atoms with Gasteiger partial charge in [0.05, 0.1) is 48.6 Å². The smallest absolute Gasteiger partial charge is 0.496 e. The molecule has 4 fully saturated rings. The molecule has 0 aliphatic carbocycles. The number of cyclic esters (lactones) is 1. The number of nitrogens with zero attached hydrogens (tertiary/aromatic N) is 2. The summed E-state index contributed by atoms with van der Waals surface area (Å²) >= 11 is 0. The fourth-order valence-corrected chi connectivity index (χ4v) is 11.3. The summed E-state index contributed by atoms with van der Waals surface area (Å²) in [6, 6.07) is 6.25. The van der Waals surface area contributed by atoms with Crippen molar-refractivity contribution in [2.24, 2.45) is 17.8 Å². The van der Waals surface area contributed by atoms with Gasteiger partial charge in [-0.2, -0.15) is 0 Å². The van der Waals surface area contributed by atoms with Crippen LogP contribution >= 0.6 is 0 Å². The molecule has 0 spiro atoms. The SMILES string of the molecule is CC[C@H]1OC(=O)[C@H](C)[C@@H](O[C@H]2C[C@@](C)(OC)[C@@H](OC(=O)NCCCCNC(=O)c3ccccc3OC)[C@H](C)O2)[C@H](C)[C@@H](O[C@@H]2O[C@H](C)C[C@H](N(C)C)[C@H]2O)[C@](C)(O)C[C@@H](C)CN(C)[C@H](C)[C@H]2OC(=O)O[C@@]21C. The third kappa shape index (κ3) is 13.9. The standard InChI is InChI=1S/C52H86N4O16/c1-16-38-52(10)43(71-49(61)72-52)33(6)56(13)28-29(2)26-50(8,62)42(69-47-40(57)36(55(11)12)25-30(3)65-47)31(4)41(32(5)46(59)67-38)68-39-27-51(9,64-15)44(34(7)66-39)70-48(60)54-24-20-19-23-53-45(58)35-21-17-18-22-37(35)63-14/h17-18,21-22,29-34,36,38-44,47,57,62H,16,19-20,23-28H2,1-15H3,(H,53,58)(H,54,60)/t29-,30-,31+,32-,33-,34+,36+,38-,39+,40-,41+,42-,43-,44+,47+,50-,51-,52-/m1/s1.